The maximum absolute atomic E-state index is 9.24. The van der Waals surface area contributed by atoms with Gasteiger partial charge in [-0.05, 0) is 54.7 Å². The molecule has 35 heavy (non-hydrogen) atoms. The molecule has 0 atom stereocenters. The number of benzene rings is 2. The van der Waals surface area contributed by atoms with E-state index in [1.54, 1.807) is 23.9 Å². The minimum atomic E-state index is 0.498. The van der Waals surface area contributed by atoms with Crippen LogP contribution in [0, 0.1) is 11.3 Å². The van der Waals surface area contributed by atoms with E-state index in [1.807, 2.05) is 36.7 Å². The molecule has 178 valence electrons. The van der Waals surface area contributed by atoms with Gasteiger partial charge in [0.05, 0.1) is 39.0 Å². The lowest BCUT2D eigenvalue weighted by atomic mass is 10.1. The number of hydrogen-bond acceptors (Lipinski definition) is 5. The number of methoxy groups -OCH3 is 1. The van der Waals surface area contributed by atoms with Crippen molar-refractivity contribution >= 4 is 5.65 Å². The smallest absolute Gasteiger partial charge is 0.162 e. The van der Waals surface area contributed by atoms with Crippen LogP contribution in [0.15, 0.2) is 61.1 Å². The minimum Gasteiger partial charge on any atom is -0.495 e. The fourth-order valence-corrected chi connectivity index (χ4v) is 4.81. The van der Waals surface area contributed by atoms with Gasteiger partial charge in [0.15, 0.2) is 5.65 Å². The topological polar surface area (TPSA) is 72.4 Å². The van der Waals surface area contributed by atoms with Crippen LogP contribution in [-0.2, 0) is 0 Å². The summed E-state index contributed by atoms with van der Waals surface area (Å²) in [4.78, 5) is 4.68. The largest absolute Gasteiger partial charge is 0.495 e. The molecule has 2 aromatic heterocycles. The van der Waals surface area contributed by atoms with E-state index < -0.39 is 0 Å². The highest BCUT2D eigenvalue weighted by Gasteiger charge is 2.24. The summed E-state index contributed by atoms with van der Waals surface area (Å²) >= 11 is 0. The van der Waals surface area contributed by atoms with Gasteiger partial charge < -0.3 is 14.0 Å². The van der Waals surface area contributed by atoms with Crippen molar-refractivity contribution in [1.29, 1.82) is 5.26 Å². The number of nitrogens with zero attached hydrogens (tertiary/aromatic N) is 5. The zero-order chi connectivity index (χ0) is 24.3. The lowest BCUT2D eigenvalue weighted by Gasteiger charge is -2.37. The molecule has 0 aliphatic carbocycles. The number of likely N-dealkylation sites (tertiary alicyclic amines) is 1. The van der Waals surface area contributed by atoms with Crippen LogP contribution in [0.5, 0.6) is 11.5 Å². The predicted molar refractivity (Wildman–Crippen MR) is 135 cm³/mol. The van der Waals surface area contributed by atoms with Gasteiger partial charge in [-0.25, -0.2) is 9.50 Å². The standard InChI is InChI=1S/C28H30N5O2/c1-33(12-4-3-5-13-33)14-15-35-25-10-8-21(9-11-25)24-18-30-28-26(19-31-32(28)20-24)22-6-7-23(17-29)27(16-22)34-2/h6-11,16,18-20H,3-5,12-15H2,1-2H3/q+1. The summed E-state index contributed by atoms with van der Waals surface area (Å²) in [7, 11) is 3.90. The Morgan fingerprint density at radius 3 is 2.51 bits per heavy atom. The molecule has 0 amide bonds. The first-order chi connectivity index (χ1) is 17.1. The Labute approximate surface area is 205 Å². The second kappa shape index (κ2) is 9.77. The van der Waals surface area contributed by atoms with Crippen LogP contribution in [0.2, 0.25) is 0 Å². The first-order valence-corrected chi connectivity index (χ1v) is 12.1. The monoisotopic (exact) mass is 468 g/mol. The van der Waals surface area contributed by atoms with Gasteiger partial charge in [-0.15, -0.1) is 0 Å². The van der Waals surface area contributed by atoms with Crippen LogP contribution in [0.3, 0.4) is 0 Å². The maximum Gasteiger partial charge on any atom is 0.162 e. The van der Waals surface area contributed by atoms with Crippen molar-refractivity contribution in [3.63, 3.8) is 0 Å². The molecule has 1 fully saturated rings. The van der Waals surface area contributed by atoms with Gasteiger partial charge in [-0.2, -0.15) is 10.4 Å². The third kappa shape index (κ3) is 4.84. The van der Waals surface area contributed by atoms with Gasteiger partial charge in [0.2, 0.25) is 0 Å². The van der Waals surface area contributed by atoms with E-state index in [9.17, 15) is 5.26 Å². The Balaban J connectivity index is 1.30. The van der Waals surface area contributed by atoms with Crippen molar-refractivity contribution in [2.75, 3.05) is 40.4 Å². The van der Waals surface area contributed by atoms with Crippen LogP contribution in [-0.4, -0.2) is 59.5 Å². The molecular weight excluding hydrogens is 438 g/mol. The number of likely N-dealkylation sites (N-methyl/N-ethyl adjacent to an activating group) is 1. The van der Waals surface area contributed by atoms with E-state index in [0.717, 1.165) is 51.3 Å². The number of hydrogen-bond donors (Lipinski definition) is 0. The second-order valence-electron chi connectivity index (χ2n) is 9.42. The highest BCUT2D eigenvalue weighted by atomic mass is 16.5. The third-order valence-electron chi connectivity index (χ3n) is 6.97. The summed E-state index contributed by atoms with van der Waals surface area (Å²) in [6.45, 7) is 4.30. The second-order valence-corrected chi connectivity index (χ2v) is 9.42. The molecule has 4 aromatic rings. The average molecular weight is 469 g/mol. The molecule has 0 bridgehead atoms. The van der Waals surface area contributed by atoms with Crippen molar-refractivity contribution in [1.82, 2.24) is 14.6 Å². The quantitative estimate of drug-likeness (QED) is 0.359. The highest BCUT2D eigenvalue weighted by molar-refractivity contribution is 5.79. The number of nitriles is 1. The molecule has 0 saturated carbocycles. The van der Waals surface area contributed by atoms with Gasteiger partial charge >= 0.3 is 0 Å². The summed E-state index contributed by atoms with van der Waals surface area (Å²) in [5, 5.41) is 13.7. The number of aromatic nitrogens is 3. The lowest BCUT2D eigenvalue weighted by Crippen LogP contribution is -2.50. The van der Waals surface area contributed by atoms with E-state index in [2.05, 4.69) is 35.3 Å². The molecule has 0 spiro atoms. The van der Waals surface area contributed by atoms with Crippen LogP contribution in [0.4, 0.5) is 0 Å². The van der Waals surface area contributed by atoms with E-state index >= 15 is 0 Å². The van der Waals surface area contributed by atoms with E-state index in [4.69, 9.17) is 9.47 Å². The molecule has 1 saturated heterocycles. The van der Waals surface area contributed by atoms with Gasteiger partial charge in [-0.3, -0.25) is 0 Å². The summed E-state index contributed by atoms with van der Waals surface area (Å²) in [5.74, 6) is 1.43. The zero-order valence-electron chi connectivity index (χ0n) is 20.3. The van der Waals surface area contributed by atoms with Crippen LogP contribution in [0.1, 0.15) is 24.8 Å². The molecule has 3 heterocycles. The summed E-state index contributed by atoms with van der Waals surface area (Å²) in [6.07, 6.45) is 9.63. The molecule has 7 nitrogen and oxygen atoms in total. The van der Waals surface area contributed by atoms with Gasteiger partial charge in [0, 0.05) is 23.5 Å². The number of piperidine rings is 1. The fourth-order valence-electron chi connectivity index (χ4n) is 4.81. The molecular formula is C28H30N5O2+. The van der Waals surface area contributed by atoms with E-state index in [1.165, 1.54) is 32.4 Å². The number of ether oxygens (including phenoxy) is 2. The number of rotatable bonds is 7. The van der Waals surface area contributed by atoms with Crippen LogP contribution >= 0.6 is 0 Å². The maximum atomic E-state index is 9.24. The fraction of sp³-hybridized carbons (Fsp3) is 0.321. The van der Waals surface area contributed by atoms with E-state index in [-0.39, 0.29) is 0 Å². The van der Waals surface area contributed by atoms with Gasteiger partial charge in [0.1, 0.15) is 30.7 Å². The molecule has 5 rings (SSSR count). The Morgan fingerprint density at radius 1 is 1.00 bits per heavy atom. The summed E-state index contributed by atoms with van der Waals surface area (Å²) < 4.78 is 14.3. The molecule has 0 radical (unpaired) electrons. The molecule has 1 aliphatic heterocycles. The average Bonchev–Trinajstić information content (AvgIpc) is 3.32. The first kappa shape index (κ1) is 22.9. The molecule has 1 aliphatic rings. The van der Waals surface area contributed by atoms with Crippen LogP contribution < -0.4 is 9.47 Å². The van der Waals surface area contributed by atoms with Crippen molar-refractivity contribution in [3.05, 3.63) is 66.6 Å². The molecule has 0 unspecified atom stereocenters. The molecule has 2 aromatic carbocycles. The summed E-state index contributed by atoms with van der Waals surface area (Å²) in [5.41, 5.74) is 5.06. The van der Waals surface area contributed by atoms with Crippen molar-refractivity contribution < 1.29 is 14.0 Å². The zero-order valence-corrected chi connectivity index (χ0v) is 20.3. The highest BCUT2D eigenvalue weighted by Crippen LogP contribution is 2.30. The Bertz CT molecular complexity index is 1360. The molecule has 0 N–H and O–H groups in total. The number of quaternary nitrogens is 1. The SMILES string of the molecule is COc1cc(-c2cnn3cc(-c4ccc(OCC[N+]5(C)CCCCC5)cc4)cnc23)ccc1C#N. The summed E-state index contributed by atoms with van der Waals surface area (Å²) in [6, 6.07) is 15.8. The lowest BCUT2D eigenvalue weighted by molar-refractivity contribution is -0.914. The Kier molecular flexibility index (Phi) is 6.39. The Hall–Kier alpha value is -3.89. The third-order valence-corrected chi connectivity index (χ3v) is 6.97. The Morgan fingerprint density at radius 2 is 1.77 bits per heavy atom. The predicted octanol–water partition coefficient (Wildman–Crippen LogP) is 4.95. The van der Waals surface area contributed by atoms with Crippen molar-refractivity contribution in [2.45, 2.75) is 19.3 Å². The number of fused-ring (bicyclic) bond motifs is 1. The first-order valence-electron chi connectivity index (χ1n) is 12.1. The van der Waals surface area contributed by atoms with Gasteiger partial charge in [-0.1, -0.05) is 18.2 Å². The van der Waals surface area contributed by atoms with Gasteiger partial charge in [0.25, 0.3) is 0 Å². The van der Waals surface area contributed by atoms with Crippen molar-refractivity contribution in [3.8, 4) is 39.8 Å². The minimum absolute atomic E-state index is 0.498. The molecule has 7 heteroatoms. The normalized spacial score (nSPS) is 15.0. The van der Waals surface area contributed by atoms with Crippen molar-refractivity contribution in [2.24, 2.45) is 0 Å². The van der Waals surface area contributed by atoms with Crippen LogP contribution in [0.25, 0.3) is 27.9 Å². The van der Waals surface area contributed by atoms with E-state index in [0.29, 0.717) is 11.3 Å².